The van der Waals surface area contributed by atoms with Gasteiger partial charge in [-0.05, 0) is 13.3 Å². The molecule has 2 nitrogen and oxygen atoms in total. The summed E-state index contributed by atoms with van der Waals surface area (Å²) in [5.74, 6) is 0. The molecular weight excluding hydrogens is 316 g/mol. The topological polar surface area (TPSA) is 8.81 Å². The number of rotatable bonds is 17. The second-order valence-corrected chi connectivity index (χ2v) is 8.02. The van der Waals surface area contributed by atoms with Crippen LogP contribution >= 0.6 is 0 Å². The fourth-order valence-corrected chi connectivity index (χ4v) is 3.95. The van der Waals surface area contributed by atoms with Crippen molar-refractivity contribution in [3.05, 3.63) is 30.1 Å². The van der Waals surface area contributed by atoms with Gasteiger partial charge in [0.25, 0.3) is 0 Å². The molecule has 1 aromatic rings. The van der Waals surface area contributed by atoms with E-state index in [9.17, 15) is 0 Å². The van der Waals surface area contributed by atoms with E-state index >= 15 is 0 Å². The number of hydrogen-bond donors (Lipinski definition) is 0. The molecule has 0 saturated heterocycles. The largest absolute Gasteiger partial charge is 0.205 e. The van der Waals surface area contributed by atoms with E-state index in [0.29, 0.717) is 0 Å². The third-order valence-corrected chi connectivity index (χ3v) is 5.55. The van der Waals surface area contributed by atoms with Gasteiger partial charge in [0.2, 0.25) is 5.69 Å². The first-order valence-corrected chi connectivity index (χ1v) is 11.4. The zero-order chi connectivity index (χ0) is 19.0. The summed E-state index contributed by atoms with van der Waals surface area (Å²) in [4.78, 5) is 0. The van der Waals surface area contributed by atoms with E-state index in [1.165, 1.54) is 101 Å². The highest BCUT2D eigenvalue weighted by molar-refractivity contribution is 5.02. The maximum atomic E-state index is 3.89. The van der Waals surface area contributed by atoms with Gasteiger partial charge in [0, 0.05) is 19.4 Å². The third kappa shape index (κ3) is 9.59. The Kier molecular flexibility index (Phi) is 13.3. The molecule has 0 aliphatic rings. The number of aromatic nitrogens is 2. The Bertz CT molecular complexity index is 473. The molecule has 0 fully saturated rings. The standard InChI is InChI=1S/C24H45N2/c1-5-7-8-9-10-11-12-13-14-15-16-17-18-19-21-26-24(4)22-23(3)25(26)20-6-2/h6,22H,2,5,7-21H2,1,3-4H3/q+1. The molecule has 0 N–H and O–H groups in total. The summed E-state index contributed by atoms with van der Waals surface area (Å²) < 4.78 is 4.78. The third-order valence-electron chi connectivity index (χ3n) is 5.55. The van der Waals surface area contributed by atoms with Crippen molar-refractivity contribution in [1.82, 2.24) is 4.68 Å². The van der Waals surface area contributed by atoms with E-state index in [1.54, 1.807) is 0 Å². The Morgan fingerprint density at radius 3 is 1.73 bits per heavy atom. The number of nitrogens with zero attached hydrogens (tertiary/aromatic N) is 2. The molecule has 0 radical (unpaired) electrons. The maximum Gasteiger partial charge on any atom is 0.205 e. The average Bonchev–Trinajstić information content (AvgIpc) is 2.89. The van der Waals surface area contributed by atoms with Gasteiger partial charge in [-0.2, -0.15) is 4.68 Å². The van der Waals surface area contributed by atoms with Crippen molar-refractivity contribution in [2.45, 2.75) is 124 Å². The van der Waals surface area contributed by atoms with Crippen LogP contribution in [-0.2, 0) is 13.1 Å². The number of allylic oxidation sites excluding steroid dienone is 1. The fourth-order valence-electron chi connectivity index (χ4n) is 3.95. The van der Waals surface area contributed by atoms with Crippen molar-refractivity contribution in [2.75, 3.05) is 0 Å². The molecule has 26 heavy (non-hydrogen) atoms. The first-order valence-electron chi connectivity index (χ1n) is 11.4. The van der Waals surface area contributed by atoms with E-state index in [-0.39, 0.29) is 0 Å². The maximum absolute atomic E-state index is 3.89. The fraction of sp³-hybridized carbons (Fsp3) is 0.792. The Morgan fingerprint density at radius 2 is 1.27 bits per heavy atom. The van der Waals surface area contributed by atoms with Crippen LogP contribution in [-0.4, -0.2) is 4.68 Å². The lowest BCUT2D eigenvalue weighted by atomic mass is 10.0. The zero-order valence-electron chi connectivity index (χ0n) is 18.1. The number of aryl methyl sites for hydroxylation is 2. The molecular formula is C24H45N2+. The van der Waals surface area contributed by atoms with Gasteiger partial charge in [0.15, 0.2) is 6.54 Å². The highest BCUT2D eigenvalue weighted by Crippen LogP contribution is 2.13. The summed E-state index contributed by atoms with van der Waals surface area (Å²) in [6.07, 6.45) is 21.9. The highest BCUT2D eigenvalue weighted by atomic mass is 15.4. The molecule has 2 heteroatoms. The van der Waals surface area contributed by atoms with E-state index in [1.807, 2.05) is 6.08 Å². The minimum atomic E-state index is 0.915. The van der Waals surface area contributed by atoms with Crippen LogP contribution in [0.2, 0.25) is 0 Å². The van der Waals surface area contributed by atoms with Crippen molar-refractivity contribution < 1.29 is 4.68 Å². The van der Waals surface area contributed by atoms with Crippen molar-refractivity contribution in [3.8, 4) is 0 Å². The molecule has 150 valence electrons. The molecule has 1 rings (SSSR count). The van der Waals surface area contributed by atoms with E-state index in [0.717, 1.165) is 13.1 Å². The number of unbranched alkanes of at least 4 members (excludes halogenated alkanes) is 13. The van der Waals surface area contributed by atoms with Gasteiger partial charge >= 0.3 is 0 Å². The molecule has 0 amide bonds. The van der Waals surface area contributed by atoms with Crippen LogP contribution in [0.25, 0.3) is 0 Å². The summed E-state index contributed by atoms with van der Waals surface area (Å²) in [6.45, 7) is 12.7. The van der Waals surface area contributed by atoms with Crippen LogP contribution in [0.5, 0.6) is 0 Å². The van der Waals surface area contributed by atoms with E-state index in [2.05, 4.69) is 42.8 Å². The van der Waals surface area contributed by atoms with Crippen molar-refractivity contribution in [1.29, 1.82) is 0 Å². The van der Waals surface area contributed by atoms with Crippen molar-refractivity contribution >= 4 is 0 Å². The van der Waals surface area contributed by atoms with Crippen molar-refractivity contribution in [2.24, 2.45) is 0 Å². The molecule has 0 aromatic carbocycles. The van der Waals surface area contributed by atoms with Gasteiger partial charge in [-0.15, -0.1) is 11.3 Å². The first kappa shape index (κ1) is 23.0. The van der Waals surface area contributed by atoms with Crippen LogP contribution in [0.4, 0.5) is 0 Å². The molecule has 0 spiro atoms. The smallest absolute Gasteiger partial charge is 0.154 e. The Hall–Kier alpha value is -1.05. The summed E-state index contributed by atoms with van der Waals surface area (Å²) in [6, 6.07) is 2.29. The minimum Gasteiger partial charge on any atom is -0.154 e. The van der Waals surface area contributed by atoms with Crippen LogP contribution < -0.4 is 4.68 Å². The van der Waals surface area contributed by atoms with Gasteiger partial charge in [0.1, 0.15) is 0 Å². The second kappa shape index (κ2) is 15.1. The first-order chi connectivity index (χ1) is 12.7. The molecule has 0 atom stereocenters. The lowest BCUT2D eigenvalue weighted by Crippen LogP contribution is -2.45. The van der Waals surface area contributed by atoms with Gasteiger partial charge in [0.05, 0.1) is 12.2 Å². The Morgan fingerprint density at radius 1 is 0.808 bits per heavy atom. The summed E-state index contributed by atoms with van der Waals surface area (Å²) >= 11 is 0. The quantitative estimate of drug-likeness (QED) is 0.159. The van der Waals surface area contributed by atoms with Gasteiger partial charge in [-0.3, -0.25) is 0 Å². The van der Waals surface area contributed by atoms with Gasteiger partial charge < -0.3 is 0 Å². The van der Waals surface area contributed by atoms with E-state index < -0.39 is 0 Å². The second-order valence-electron chi connectivity index (χ2n) is 8.02. The van der Waals surface area contributed by atoms with Crippen LogP contribution in [0, 0.1) is 13.8 Å². The predicted octanol–water partition coefficient (Wildman–Crippen LogP) is 7.06. The molecule has 0 aliphatic heterocycles. The Labute approximate surface area is 163 Å². The van der Waals surface area contributed by atoms with Gasteiger partial charge in [-0.25, -0.2) is 0 Å². The molecule has 0 aliphatic carbocycles. The van der Waals surface area contributed by atoms with E-state index in [4.69, 9.17) is 0 Å². The van der Waals surface area contributed by atoms with Gasteiger partial charge in [-0.1, -0.05) is 90.0 Å². The Balaban J connectivity index is 1.96. The molecule has 1 aromatic heterocycles. The zero-order valence-corrected chi connectivity index (χ0v) is 18.1. The lowest BCUT2D eigenvalue weighted by Gasteiger charge is -2.05. The van der Waals surface area contributed by atoms with Crippen LogP contribution in [0.1, 0.15) is 108 Å². The minimum absolute atomic E-state index is 0.915. The summed E-state index contributed by atoms with van der Waals surface area (Å²) in [5, 5.41) is 0. The normalized spacial score (nSPS) is 11.2. The number of hydrogen-bond acceptors (Lipinski definition) is 0. The summed E-state index contributed by atoms with van der Waals surface area (Å²) in [5.41, 5.74) is 2.71. The SMILES string of the molecule is C=CCn1c(C)cc(C)[n+]1CCCCCCCCCCCCCCCC. The van der Waals surface area contributed by atoms with Crippen molar-refractivity contribution in [3.63, 3.8) is 0 Å². The molecule has 0 saturated carbocycles. The molecule has 0 unspecified atom stereocenters. The molecule has 1 heterocycles. The lowest BCUT2D eigenvalue weighted by molar-refractivity contribution is -0.780. The van der Waals surface area contributed by atoms with Crippen LogP contribution in [0.15, 0.2) is 18.7 Å². The predicted molar refractivity (Wildman–Crippen MR) is 115 cm³/mol. The average molecular weight is 362 g/mol. The molecule has 0 bridgehead atoms. The summed E-state index contributed by atoms with van der Waals surface area (Å²) in [7, 11) is 0. The highest BCUT2D eigenvalue weighted by Gasteiger charge is 2.15. The van der Waals surface area contributed by atoms with Crippen LogP contribution in [0.3, 0.4) is 0 Å². The monoisotopic (exact) mass is 361 g/mol.